The molecular formula is C19H30ClN3O2. The van der Waals surface area contributed by atoms with Gasteiger partial charge in [-0.2, -0.15) is 0 Å². The van der Waals surface area contributed by atoms with Crippen LogP contribution < -0.4 is 11.1 Å². The summed E-state index contributed by atoms with van der Waals surface area (Å²) in [5.41, 5.74) is 6.53. The van der Waals surface area contributed by atoms with Crippen LogP contribution in [0, 0.1) is 5.41 Å². The number of amides is 1. The summed E-state index contributed by atoms with van der Waals surface area (Å²) < 4.78 is 5.47. The van der Waals surface area contributed by atoms with Crippen molar-refractivity contribution in [1.82, 2.24) is 10.2 Å². The lowest BCUT2D eigenvalue weighted by atomic mass is 9.81. The third-order valence-corrected chi connectivity index (χ3v) is 5.64. The Balaban J connectivity index is 2.14. The van der Waals surface area contributed by atoms with E-state index in [0.29, 0.717) is 31.3 Å². The zero-order chi connectivity index (χ0) is 18.3. The van der Waals surface area contributed by atoms with Crippen LogP contribution in [0.25, 0.3) is 0 Å². The van der Waals surface area contributed by atoms with Crippen LogP contribution in [0.3, 0.4) is 0 Å². The molecule has 0 spiro atoms. The highest BCUT2D eigenvalue weighted by atomic mass is 35.5. The van der Waals surface area contributed by atoms with Gasteiger partial charge in [0.1, 0.15) is 0 Å². The number of nitrogens with one attached hydrogen (secondary N) is 1. The quantitative estimate of drug-likeness (QED) is 0.741. The van der Waals surface area contributed by atoms with E-state index in [4.69, 9.17) is 22.1 Å². The first-order chi connectivity index (χ1) is 12.1. The fraction of sp³-hybridized carbons (Fsp3) is 0.632. The third kappa shape index (κ3) is 4.94. The normalized spacial score (nSPS) is 17.3. The standard InChI is InChI=1S/C19H30ClN3O2/c1-3-19(4-2,14-21)18(24)22-13-17(23-8-10-25-11-9-23)15-6-5-7-16(20)12-15/h5-7,12,17H,3-4,8-11,13-14,21H2,1-2H3,(H,22,24). The van der Waals surface area contributed by atoms with Gasteiger partial charge in [-0.1, -0.05) is 37.6 Å². The Morgan fingerprint density at radius 1 is 1.36 bits per heavy atom. The number of morpholine rings is 1. The number of hydrogen-bond acceptors (Lipinski definition) is 4. The van der Waals surface area contributed by atoms with Crippen molar-refractivity contribution in [2.75, 3.05) is 39.4 Å². The van der Waals surface area contributed by atoms with Gasteiger partial charge in [0.05, 0.1) is 24.7 Å². The van der Waals surface area contributed by atoms with Crippen molar-refractivity contribution in [2.45, 2.75) is 32.7 Å². The zero-order valence-corrected chi connectivity index (χ0v) is 16.0. The monoisotopic (exact) mass is 367 g/mol. The van der Waals surface area contributed by atoms with Gasteiger partial charge in [-0.25, -0.2) is 0 Å². The van der Waals surface area contributed by atoms with Gasteiger partial charge < -0.3 is 15.8 Å². The Kier molecular flexibility index (Phi) is 7.69. The van der Waals surface area contributed by atoms with Crippen LogP contribution in [0.4, 0.5) is 0 Å². The first kappa shape index (κ1) is 20.2. The molecule has 1 amide bonds. The number of carbonyl (C=O) groups excluding carboxylic acids is 1. The Labute approximate surface area is 155 Å². The second kappa shape index (κ2) is 9.53. The summed E-state index contributed by atoms with van der Waals surface area (Å²) in [6.07, 6.45) is 1.48. The molecule has 1 aliphatic rings. The number of carbonyl (C=O) groups is 1. The number of nitrogens with two attached hydrogens (primary N) is 1. The second-order valence-electron chi connectivity index (χ2n) is 6.62. The number of benzene rings is 1. The SMILES string of the molecule is CCC(CC)(CN)C(=O)NCC(c1cccc(Cl)c1)N1CCOCC1. The van der Waals surface area contributed by atoms with Gasteiger partial charge in [0.25, 0.3) is 0 Å². The molecule has 25 heavy (non-hydrogen) atoms. The number of hydrogen-bond donors (Lipinski definition) is 2. The van der Waals surface area contributed by atoms with Gasteiger partial charge in [0.15, 0.2) is 0 Å². The van der Waals surface area contributed by atoms with Gasteiger partial charge in [-0.05, 0) is 30.5 Å². The molecule has 1 atom stereocenters. The van der Waals surface area contributed by atoms with Crippen molar-refractivity contribution in [3.8, 4) is 0 Å². The minimum Gasteiger partial charge on any atom is -0.379 e. The zero-order valence-electron chi connectivity index (χ0n) is 15.3. The van der Waals surface area contributed by atoms with Crippen LogP contribution in [-0.2, 0) is 9.53 Å². The Bertz CT molecular complexity index is 549. The molecule has 140 valence electrons. The van der Waals surface area contributed by atoms with Crippen LogP contribution in [0.1, 0.15) is 38.3 Å². The van der Waals surface area contributed by atoms with Crippen molar-refractivity contribution in [3.63, 3.8) is 0 Å². The maximum atomic E-state index is 12.8. The molecule has 1 aliphatic heterocycles. The molecule has 2 rings (SSSR count). The van der Waals surface area contributed by atoms with E-state index in [0.717, 1.165) is 31.5 Å². The van der Waals surface area contributed by atoms with E-state index in [1.54, 1.807) is 0 Å². The highest BCUT2D eigenvalue weighted by molar-refractivity contribution is 6.30. The molecule has 0 aliphatic carbocycles. The molecule has 5 nitrogen and oxygen atoms in total. The van der Waals surface area contributed by atoms with Gasteiger partial charge in [0.2, 0.25) is 5.91 Å². The average molecular weight is 368 g/mol. The molecule has 1 unspecified atom stereocenters. The maximum Gasteiger partial charge on any atom is 0.227 e. The summed E-state index contributed by atoms with van der Waals surface area (Å²) in [7, 11) is 0. The van der Waals surface area contributed by atoms with Gasteiger partial charge in [-0.15, -0.1) is 0 Å². The minimum atomic E-state index is -0.482. The van der Waals surface area contributed by atoms with Crippen LogP contribution >= 0.6 is 11.6 Å². The van der Waals surface area contributed by atoms with E-state index in [1.807, 2.05) is 32.0 Å². The largest absolute Gasteiger partial charge is 0.379 e. The Morgan fingerprint density at radius 3 is 2.60 bits per heavy atom. The van der Waals surface area contributed by atoms with Crippen molar-refractivity contribution in [3.05, 3.63) is 34.9 Å². The smallest absolute Gasteiger partial charge is 0.227 e. The highest BCUT2D eigenvalue weighted by Gasteiger charge is 2.34. The molecule has 0 bridgehead atoms. The Hall–Kier alpha value is -1.14. The molecule has 1 fully saturated rings. The van der Waals surface area contributed by atoms with Gasteiger partial charge >= 0.3 is 0 Å². The van der Waals surface area contributed by atoms with Crippen molar-refractivity contribution in [1.29, 1.82) is 0 Å². The first-order valence-corrected chi connectivity index (χ1v) is 9.49. The predicted molar refractivity (Wildman–Crippen MR) is 102 cm³/mol. The summed E-state index contributed by atoms with van der Waals surface area (Å²) >= 11 is 6.18. The van der Waals surface area contributed by atoms with E-state index in [1.165, 1.54) is 0 Å². The molecule has 0 saturated carbocycles. The van der Waals surface area contributed by atoms with Crippen molar-refractivity contribution < 1.29 is 9.53 Å². The minimum absolute atomic E-state index is 0.0419. The average Bonchev–Trinajstić information content (AvgIpc) is 2.65. The van der Waals surface area contributed by atoms with Crippen molar-refractivity contribution in [2.24, 2.45) is 11.1 Å². The number of nitrogens with zero attached hydrogens (tertiary/aromatic N) is 1. The highest BCUT2D eigenvalue weighted by Crippen LogP contribution is 2.27. The van der Waals surface area contributed by atoms with E-state index >= 15 is 0 Å². The predicted octanol–water partition coefficient (Wildman–Crippen LogP) is 2.59. The molecule has 6 heteroatoms. The maximum absolute atomic E-state index is 12.8. The van der Waals surface area contributed by atoms with E-state index in [9.17, 15) is 4.79 Å². The lowest BCUT2D eigenvalue weighted by Gasteiger charge is -2.36. The van der Waals surface area contributed by atoms with E-state index in [2.05, 4.69) is 16.3 Å². The molecule has 1 aromatic carbocycles. The van der Waals surface area contributed by atoms with Crippen LogP contribution in [0.5, 0.6) is 0 Å². The fourth-order valence-corrected chi connectivity index (χ4v) is 3.59. The number of ether oxygens (including phenoxy) is 1. The fourth-order valence-electron chi connectivity index (χ4n) is 3.39. The summed E-state index contributed by atoms with van der Waals surface area (Å²) in [6, 6.07) is 7.94. The molecular weight excluding hydrogens is 338 g/mol. The summed E-state index contributed by atoms with van der Waals surface area (Å²) in [5, 5.41) is 3.86. The molecule has 0 aromatic heterocycles. The molecule has 0 radical (unpaired) electrons. The van der Waals surface area contributed by atoms with Crippen molar-refractivity contribution >= 4 is 17.5 Å². The lowest BCUT2D eigenvalue weighted by Crippen LogP contribution is -2.49. The van der Waals surface area contributed by atoms with E-state index in [-0.39, 0.29) is 11.9 Å². The second-order valence-corrected chi connectivity index (χ2v) is 7.06. The van der Waals surface area contributed by atoms with Gasteiger partial charge in [-0.3, -0.25) is 9.69 Å². The van der Waals surface area contributed by atoms with Crippen LogP contribution in [0.2, 0.25) is 5.02 Å². The number of halogens is 1. The van der Waals surface area contributed by atoms with Gasteiger partial charge in [0, 0.05) is 31.2 Å². The molecule has 3 N–H and O–H groups in total. The van der Waals surface area contributed by atoms with E-state index < -0.39 is 5.41 Å². The first-order valence-electron chi connectivity index (χ1n) is 9.12. The third-order valence-electron chi connectivity index (χ3n) is 5.40. The molecule has 1 aromatic rings. The van der Waals surface area contributed by atoms with Crippen LogP contribution in [-0.4, -0.2) is 50.2 Å². The summed E-state index contributed by atoms with van der Waals surface area (Å²) in [6.45, 7) is 8.06. The Morgan fingerprint density at radius 2 is 2.04 bits per heavy atom. The van der Waals surface area contributed by atoms with Crippen LogP contribution in [0.15, 0.2) is 24.3 Å². The molecule has 1 saturated heterocycles. The number of rotatable bonds is 8. The topological polar surface area (TPSA) is 67.6 Å². The summed E-state index contributed by atoms with van der Waals surface area (Å²) in [4.78, 5) is 15.1. The molecule has 1 heterocycles. The lowest BCUT2D eigenvalue weighted by molar-refractivity contribution is -0.131. The summed E-state index contributed by atoms with van der Waals surface area (Å²) in [5.74, 6) is 0.0419.